The number of benzene rings is 1. The SMILES string of the molecule is CCOC(=O)N1CCN(S(=O)(=O)c2ccc(-c3ccco3)cc2)CC1. The van der Waals surface area contributed by atoms with E-state index < -0.39 is 16.1 Å². The molecule has 0 atom stereocenters. The van der Waals surface area contributed by atoms with Crippen molar-refractivity contribution < 1.29 is 22.4 Å². The quantitative estimate of drug-likeness (QED) is 0.832. The second-order valence-corrected chi connectivity index (χ2v) is 7.53. The fourth-order valence-electron chi connectivity index (χ4n) is 2.71. The summed E-state index contributed by atoms with van der Waals surface area (Å²) in [7, 11) is -3.59. The van der Waals surface area contributed by atoms with Crippen molar-refractivity contribution in [1.82, 2.24) is 9.21 Å². The van der Waals surface area contributed by atoms with Crippen molar-refractivity contribution in [1.29, 1.82) is 0 Å². The summed E-state index contributed by atoms with van der Waals surface area (Å²) in [6, 6.07) is 10.2. The summed E-state index contributed by atoms with van der Waals surface area (Å²) in [5.41, 5.74) is 0.816. The van der Waals surface area contributed by atoms with E-state index in [4.69, 9.17) is 9.15 Å². The Bertz CT molecular complexity index is 807. The third-order valence-electron chi connectivity index (χ3n) is 4.06. The molecule has 0 radical (unpaired) electrons. The number of piperazine rings is 1. The van der Waals surface area contributed by atoms with E-state index in [1.807, 2.05) is 6.07 Å². The van der Waals surface area contributed by atoms with Crippen molar-refractivity contribution in [2.45, 2.75) is 11.8 Å². The lowest BCUT2D eigenvalue weighted by Gasteiger charge is -2.33. The van der Waals surface area contributed by atoms with Crippen molar-refractivity contribution in [3.05, 3.63) is 42.7 Å². The molecule has 0 N–H and O–H groups in total. The van der Waals surface area contributed by atoms with Gasteiger partial charge >= 0.3 is 6.09 Å². The van der Waals surface area contributed by atoms with Crippen LogP contribution in [0.1, 0.15) is 6.92 Å². The first-order valence-corrected chi connectivity index (χ1v) is 9.52. The van der Waals surface area contributed by atoms with Crippen molar-refractivity contribution in [2.75, 3.05) is 32.8 Å². The third-order valence-corrected chi connectivity index (χ3v) is 5.98. The van der Waals surface area contributed by atoms with Gasteiger partial charge in [0.05, 0.1) is 17.8 Å². The molecule has 0 aliphatic carbocycles. The maximum absolute atomic E-state index is 12.8. The van der Waals surface area contributed by atoms with Crippen molar-refractivity contribution in [2.24, 2.45) is 0 Å². The van der Waals surface area contributed by atoms with Gasteiger partial charge in [0, 0.05) is 31.7 Å². The number of ether oxygens (including phenoxy) is 1. The Hall–Kier alpha value is -2.32. The second kappa shape index (κ2) is 7.28. The third kappa shape index (κ3) is 3.69. The largest absolute Gasteiger partial charge is 0.464 e. The van der Waals surface area contributed by atoms with E-state index in [0.29, 0.717) is 25.5 Å². The van der Waals surface area contributed by atoms with E-state index in [2.05, 4.69) is 0 Å². The number of nitrogens with zero attached hydrogens (tertiary/aromatic N) is 2. The molecule has 0 unspecified atom stereocenters. The second-order valence-electron chi connectivity index (χ2n) is 5.59. The fraction of sp³-hybridized carbons (Fsp3) is 0.353. The summed E-state index contributed by atoms with van der Waals surface area (Å²) in [4.78, 5) is 13.5. The van der Waals surface area contributed by atoms with Gasteiger partial charge in [-0.25, -0.2) is 13.2 Å². The average molecular weight is 364 g/mol. The smallest absolute Gasteiger partial charge is 0.409 e. The van der Waals surface area contributed by atoms with E-state index in [0.717, 1.165) is 5.56 Å². The van der Waals surface area contributed by atoms with Gasteiger partial charge < -0.3 is 14.1 Å². The summed E-state index contributed by atoms with van der Waals surface area (Å²) in [6.45, 7) is 3.19. The maximum Gasteiger partial charge on any atom is 0.409 e. The zero-order chi connectivity index (χ0) is 17.9. The molecule has 134 valence electrons. The summed E-state index contributed by atoms with van der Waals surface area (Å²) in [5, 5.41) is 0. The van der Waals surface area contributed by atoms with E-state index >= 15 is 0 Å². The van der Waals surface area contributed by atoms with Gasteiger partial charge in [0.1, 0.15) is 5.76 Å². The molecule has 1 aliphatic heterocycles. The Morgan fingerprint density at radius 3 is 2.36 bits per heavy atom. The first-order valence-electron chi connectivity index (χ1n) is 8.08. The number of sulfonamides is 1. The lowest BCUT2D eigenvalue weighted by atomic mass is 10.2. The predicted octanol–water partition coefficient (Wildman–Crippen LogP) is 2.41. The Morgan fingerprint density at radius 2 is 1.80 bits per heavy atom. The van der Waals surface area contributed by atoms with Gasteiger partial charge in [-0.05, 0) is 43.3 Å². The molecule has 1 amide bonds. The van der Waals surface area contributed by atoms with Crippen LogP contribution in [0.25, 0.3) is 11.3 Å². The molecule has 2 heterocycles. The minimum atomic E-state index is -3.59. The van der Waals surface area contributed by atoms with Crippen molar-refractivity contribution in [3.63, 3.8) is 0 Å². The number of furan rings is 1. The van der Waals surface area contributed by atoms with Crippen LogP contribution in [0.5, 0.6) is 0 Å². The van der Waals surface area contributed by atoms with Gasteiger partial charge in [0.15, 0.2) is 0 Å². The highest BCUT2D eigenvalue weighted by Crippen LogP contribution is 2.24. The molecule has 2 aromatic rings. The van der Waals surface area contributed by atoms with Gasteiger partial charge in [0.2, 0.25) is 10.0 Å². The van der Waals surface area contributed by atoms with Crippen molar-refractivity contribution in [3.8, 4) is 11.3 Å². The van der Waals surface area contributed by atoms with Crippen molar-refractivity contribution >= 4 is 16.1 Å². The number of amides is 1. The van der Waals surface area contributed by atoms with Crippen LogP contribution >= 0.6 is 0 Å². The molecule has 1 aromatic carbocycles. The van der Waals surface area contributed by atoms with Crippen LogP contribution in [0.2, 0.25) is 0 Å². The van der Waals surface area contributed by atoms with Gasteiger partial charge in [-0.3, -0.25) is 0 Å². The van der Waals surface area contributed by atoms with Gasteiger partial charge in [-0.1, -0.05) is 0 Å². The average Bonchev–Trinajstić information content (AvgIpc) is 3.17. The molecule has 0 bridgehead atoms. The van der Waals surface area contributed by atoms with E-state index in [1.54, 1.807) is 43.5 Å². The van der Waals surface area contributed by atoms with Gasteiger partial charge in [-0.2, -0.15) is 4.31 Å². The van der Waals surface area contributed by atoms with E-state index in [1.165, 1.54) is 9.21 Å². The zero-order valence-corrected chi connectivity index (χ0v) is 14.7. The minimum absolute atomic E-state index is 0.229. The van der Waals surface area contributed by atoms with Crippen LogP contribution in [0.4, 0.5) is 4.79 Å². The molecule has 0 saturated carbocycles. The molecule has 1 aliphatic rings. The van der Waals surface area contributed by atoms with Crippen LogP contribution in [0.15, 0.2) is 52.0 Å². The molecular formula is C17H20N2O5S. The Morgan fingerprint density at radius 1 is 1.12 bits per heavy atom. The van der Waals surface area contributed by atoms with E-state index in [9.17, 15) is 13.2 Å². The highest BCUT2D eigenvalue weighted by molar-refractivity contribution is 7.89. The topological polar surface area (TPSA) is 80.1 Å². The maximum atomic E-state index is 12.8. The zero-order valence-electron chi connectivity index (χ0n) is 13.9. The van der Waals surface area contributed by atoms with Crippen LogP contribution < -0.4 is 0 Å². The number of rotatable bonds is 4. The number of carbonyl (C=O) groups is 1. The highest BCUT2D eigenvalue weighted by atomic mass is 32.2. The van der Waals surface area contributed by atoms with Gasteiger partial charge in [0.25, 0.3) is 0 Å². The van der Waals surface area contributed by atoms with Gasteiger partial charge in [-0.15, -0.1) is 0 Å². The van der Waals surface area contributed by atoms with Crippen LogP contribution in [-0.2, 0) is 14.8 Å². The highest BCUT2D eigenvalue weighted by Gasteiger charge is 2.30. The molecule has 25 heavy (non-hydrogen) atoms. The lowest BCUT2D eigenvalue weighted by Crippen LogP contribution is -2.50. The lowest BCUT2D eigenvalue weighted by molar-refractivity contribution is 0.0934. The van der Waals surface area contributed by atoms with Crippen LogP contribution in [0.3, 0.4) is 0 Å². The molecule has 0 spiro atoms. The standard InChI is InChI=1S/C17H20N2O5S/c1-2-23-17(20)18-9-11-19(12-10-18)25(21,22)15-7-5-14(6-8-15)16-4-3-13-24-16/h3-8,13H,2,9-12H2,1H3. The molecule has 1 saturated heterocycles. The molecule has 1 fully saturated rings. The molecule has 3 rings (SSSR count). The van der Waals surface area contributed by atoms with Crippen LogP contribution in [0, 0.1) is 0 Å². The van der Waals surface area contributed by atoms with Crippen LogP contribution in [-0.4, -0.2) is 56.5 Å². The Labute approximate surface area is 146 Å². The monoisotopic (exact) mass is 364 g/mol. The first kappa shape index (κ1) is 17.5. The first-order chi connectivity index (χ1) is 12.0. The molecule has 7 nitrogen and oxygen atoms in total. The van der Waals surface area contributed by atoms with E-state index in [-0.39, 0.29) is 18.0 Å². The molecule has 1 aromatic heterocycles. The number of hydrogen-bond acceptors (Lipinski definition) is 5. The fourth-order valence-corrected chi connectivity index (χ4v) is 4.13. The minimum Gasteiger partial charge on any atom is -0.464 e. The molecule has 8 heteroatoms. The predicted molar refractivity (Wildman–Crippen MR) is 91.5 cm³/mol. The summed E-state index contributed by atoms with van der Waals surface area (Å²) < 4.78 is 37.2. The number of carbonyl (C=O) groups excluding carboxylic acids is 1. The summed E-state index contributed by atoms with van der Waals surface area (Å²) >= 11 is 0. The Balaban J connectivity index is 1.69. The number of hydrogen-bond donors (Lipinski definition) is 0. The molecular weight excluding hydrogens is 344 g/mol. The normalized spacial score (nSPS) is 16.0. The summed E-state index contributed by atoms with van der Waals surface area (Å²) in [6.07, 6.45) is 1.17. The summed E-state index contributed by atoms with van der Waals surface area (Å²) in [5.74, 6) is 0.687. The Kier molecular flexibility index (Phi) is 5.10.